The average molecular weight is 335 g/mol. The van der Waals surface area contributed by atoms with Crippen molar-refractivity contribution in [2.24, 2.45) is 0 Å². The molecule has 0 unspecified atom stereocenters. The number of benzene rings is 3. The lowest BCUT2D eigenvalue weighted by Crippen LogP contribution is -2.15. The summed E-state index contributed by atoms with van der Waals surface area (Å²) in [5.41, 5.74) is 2.07. The molecule has 1 amide bonds. The lowest BCUT2D eigenvalue weighted by molar-refractivity contribution is 0.0698. The van der Waals surface area contributed by atoms with Gasteiger partial charge in [-0.1, -0.05) is 42.5 Å². The molecule has 0 heterocycles. The molecular weight excluding hydrogens is 321 g/mol. The van der Waals surface area contributed by atoms with Crippen molar-refractivity contribution in [2.75, 3.05) is 5.32 Å². The molecule has 25 heavy (non-hydrogen) atoms. The standard InChI is InChI=1S/C20H14FNO3/c21-16-10-11-17(20(24)25)18(12-16)22-19(23)15-8-6-14(7-9-15)13-4-2-1-3-5-13/h1-12H,(H,22,23)(H,24,25). The highest BCUT2D eigenvalue weighted by Gasteiger charge is 2.14. The van der Waals surface area contributed by atoms with Crippen molar-refractivity contribution in [3.8, 4) is 11.1 Å². The van der Waals surface area contributed by atoms with Gasteiger partial charge in [0.15, 0.2) is 0 Å². The zero-order valence-electron chi connectivity index (χ0n) is 13.1. The van der Waals surface area contributed by atoms with Gasteiger partial charge in [-0.15, -0.1) is 0 Å². The number of hydrogen-bond acceptors (Lipinski definition) is 2. The predicted molar refractivity (Wildman–Crippen MR) is 93.2 cm³/mol. The molecule has 0 aliphatic carbocycles. The summed E-state index contributed by atoms with van der Waals surface area (Å²) >= 11 is 0. The van der Waals surface area contributed by atoms with E-state index in [2.05, 4.69) is 5.32 Å². The van der Waals surface area contributed by atoms with Gasteiger partial charge in [0.25, 0.3) is 5.91 Å². The van der Waals surface area contributed by atoms with Crippen molar-refractivity contribution in [2.45, 2.75) is 0 Å². The van der Waals surface area contributed by atoms with Crippen LogP contribution in [-0.4, -0.2) is 17.0 Å². The molecule has 5 heteroatoms. The van der Waals surface area contributed by atoms with Crippen LogP contribution in [0.4, 0.5) is 10.1 Å². The van der Waals surface area contributed by atoms with E-state index in [0.717, 1.165) is 29.3 Å². The highest BCUT2D eigenvalue weighted by atomic mass is 19.1. The Labute approximate surface area is 143 Å². The molecule has 3 aromatic carbocycles. The van der Waals surface area contributed by atoms with Gasteiger partial charge < -0.3 is 10.4 Å². The number of hydrogen-bond donors (Lipinski definition) is 2. The molecule has 0 aliphatic heterocycles. The second-order valence-corrected chi connectivity index (χ2v) is 5.39. The van der Waals surface area contributed by atoms with E-state index in [1.165, 1.54) is 0 Å². The van der Waals surface area contributed by atoms with E-state index in [9.17, 15) is 14.0 Å². The average Bonchev–Trinajstić information content (AvgIpc) is 2.62. The SMILES string of the molecule is O=C(Nc1cc(F)ccc1C(=O)O)c1ccc(-c2ccccc2)cc1. The highest BCUT2D eigenvalue weighted by molar-refractivity contribution is 6.07. The largest absolute Gasteiger partial charge is 0.478 e. The van der Waals surface area contributed by atoms with Crippen LogP contribution in [0.3, 0.4) is 0 Å². The molecule has 0 saturated heterocycles. The minimum atomic E-state index is -1.24. The summed E-state index contributed by atoms with van der Waals surface area (Å²) < 4.78 is 13.4. The number of amides is 1. The van der Waals surface area contributed by atoms with Gasteiger partial charge in [0.1, 0.15) is 5.82 Å². The molecule has 0 atom stereocenters. The molecule has 0 aromatic heterocycles. The Balaban J connectivity index is 1.83. The maximum absolute atomic E-state index is 13.4. The van der Waals surface area contributed by atoms with Crippen LogP contribution in [0.5, 0.6) is 0 Å². The van der Waals surface area contributed by atoms with E-state index < -0.39 is 17.7 Å². The lowest BCUT2D eigenvalue weighted by atomic mass is 10.0. The predicted octanol–water partition coefficient (Wildman–Crippen LogP) is 4.44. The maximum atomic E-state index is 13.4. The summed E-state index contributed by atoms with van der Waals surface area (Å²) in [6.07, 6.45) is 0. The van der Waals surface area contributed by atoms with Crippen molar-refractivity contribution in [1.82, 2.24) is 0 Å². The van der Waals surface area contributed by atoms with Crippen LogP contribution in [0.2, 0.25) is 0 Å². The molecule has 3 rings (SSSR count). The van der Waals surface area contributed by atoms with Gasteiger partial charge in [-0.05, 0) is 41.5 Å². The Bertz CT molecular complexity index is 921. The van der Waals surface area contributed by atoms with Gasteiger partial charge in [-0.25, -0.2) is 9.18 Å². The molecule has 124 valence electrons. The first-order valence-corrected chi connectivity index (χ1v) is 7.54. The fraction of sp³-hybridized carbons (Fsp3) is 0. The van der Waals surface area contributed by atoms with Gasteiger partial charge in [-0.3, -0.25) is 4.79 Å². The summed E-state index contributed by atoms with van der Waals surface area (Å²) in [4.78, 5) is 23.5. The fourth-order valence-corrected chi connectivity index (χ4v) is 2.45. The molecular formula is C20H14FNO3. The van der Waals surface area contributed by atoms with E-state index in [1.807, 2.05) is 30.3 Å². The minimum absolute atomic E-state index is 0.0790. The number of halogens is 1. The second kappa shape index (κ2) is 6.97. The van der Waals surface area contributed by atoms with Crippen molar-refractivity contribution >= 4 is 17.6 Å². The van der Waals surface area contributed by atoms with Crippen molar-refractivity contribution in [1.29, 1.82) is 0 Å². The number of carbonyl (C=O) groups is 2. The van der Waals surface area contributed by atoms with Crippen molar-refractivity contribution in [3.05, 3.63) is 89.7 Å². The van der Waals surface area contributed by atoms with Crippen LogP contribution in [0.1, 0.15) is 20.7 Å². The minimum Gasteiger partial charge on any atom is -0.478 e. The Kier molecular flexibility index (Phi) is 4.57. The van der Waals surface area contributed by atoms with Crippen molar-refractivity contribution < 1.29 is 19.1 Å². The summed E-state index contributed by atoms with van der Waals surface area (Å²) in [7, 11) is 0. The van der Waals surface area contributed by atoms with Crippen LogP contribution < -0.4 is 5.32 Å². The molecule has 0 aliphatic rings. The van der Waals surface area contributed by atoms with E-state index in [1.54, 1.807) is 24.3 Å². The third kappa shape index (κ3) is 3.72. The summed E-state index contributed by atoms with van der Waals surface area (Å²) in [5.74, 6) is -2.37. The van der Waals surface area contributed by atoms with E-state index in [-0.39, 0.29) is 11.3 Å². The van der Waals surface area contributed by atoms with Crippen LogP contribution in [-0.2, 0) is 0 Å². The highest BCUT2D eigenvalue weighted by Crippen LogP contribution is 2.21. The Hall–Kier alpha value is -3.47. The van der Waals surface area contributed by atoms with Crippen LogP contribution in [0, 0.1) is 5.82 Å². The third-order valence-corrected chi connectivity index (χ3v) is 3.71. The topological polar surface area (TPSA) is 66.4 Å². The molecule has 2 N–H and O–H groups in total. The maximum Gasteiger partial charge on any atom is 0.337 e. The van der Waals surface area contributed by atoms with Crippen LogP contribution in [0.25, 0.3) is 11.1 Å². The van der Waals surface area contributed by atoms with E-state index in [0.29, 0.717) is 5.56 Å². The first-order valence-electron chi connectivity index (χ1n) is 7.54. The van der Waals surface area contributed by atoms with Gasteiger partial charge in [0, 0.05) is 5.56 Å². The molecule has 4 nitrogen and oxygen atoms in total. The normalized spacial score (nSPS) is 10.3. The van der Waals surface area contributed by atoms with Gasteiger partial charge >= 0.3 is 5.97 Å². The molecule has 0 spiro atoms. The van der Waals surface area contributed by atoms with Crippen molar-refractivity contribution in [3.63, 3.8) is 0 Å². The van der Waals surface area contributed by atoms with Crippen LogP contribution in [0.15, 0.2) is 72.8 Å². The molecule has 0 radical (unpaired) electrons. The van der Waals surface area contributed by atoms with Gasteiger partial charge in [0.05, 0.1) is 11.3 Å². The lowest BCUT2D eigenvalue weighted by Gasteiger charge is -2.09. The Morgan fingerprint density at radius 2 is 1.48 bits per heavy atom. The van der Waals surface area contributed by atoms with E-state index in [4.69, 9.17) is 5.11 Å². The number of nitrogens with one attached hydrogen (secondary N) is 1. The Morgan fingerprint density at radius 3 is 2.12 bits per heavy atom. The Morgan fingerprint density at radius 1 is 0.840 bits per heavy atom. The number of anilines is 1. The summed E-state index contributed by atoms with van der Waals surface area (Å²) in [6, 6.07) is 19.7. The zero-order valence-corrected chi connectivity index (χ0v) is 13.1. The molecule has 0 bridgehead atoms. The van der Waals surface area contributed by atoms with Gasteiger partial charge in [-0.2, -0.15) is 0 Å². The van der Waals surface area contributed by atoms with E-state index >= 15 is 0 Å². The molecule has 0 saturated carbocycles. The summed E-state index contributed by atoms with van der Waals surface area (Å²) in [5, 5.41) is 11.6. The summed E-state index contributed by atoms with van der Waals surface area (Å²) in [6.45, 7) is 0. The first-order chi connectivity index (χ1) is 12.0. The number of carbonyl (C=O) groups excluding carboxylic acids is 1. The molecule has 0 fully saturated rings. The second-order valence-electron chi connectivity index (χ2n) is 5.39. The number of carboxylic acid groups (broad SMARTS) is 1. The first kappa shape index (κ1) is 16.4. The number of carboxylic acids is 1. The van der Waals surface area contributed by atoms with Gasteiger partial charge in [0.2, 0.25) is 0 Å². The third-order valence-electron chi connectivity index (χ3n) is 3.71. The number of aromatic carboxylic acids is 1. The quantitative estimate of drug-likeness (QED) is 0.740. The van der Waals surface area contributed by atoms with Crippen LogP contribution >= 0.6 is 0 Å². The smallest absolute Gasteiger partial charge is 0.337 e. The zero-order chi connectivity index (χ0) is 17.8. The molecule has 3 aromatic rings. The monoisotopic (exact) mass is 335 g/mol. The number of rotatable bonds is 4. The fourth-order valence-electron chi connectivity index (χ4n) is 2.45.